The van der Waals surface area contributed by atoms with Gasteiger partial charge in [0, 0.05) is 5.02 Å². The van der Waals surface area contributed by atoms with Gasteiger partial charge in [0.2, 0.25) is 5.91 Å². The molecule has 0 aliphatic rings. The summed E-state index contributed by atoms with van der Waals surface area (Å²) < 4.78 is 0. The Labute approximate surface area is 156 Å². The van der Waals surface area contributed by atoms with Gasteiger partial charge in [0.15, 0.2) is 0 Å². The Bertz CT molecular complexity index is 932. The standard InChI is InChI=1S/C21H18ClNO3/c22-17-10-8-15(9-11-17)19(13-21(25)26)23-20(24)12-16-6-3-5-14-4-1-2-7-18(14)16/h1-11,19H,12-13H2,(H,23,24)(H,25,26). The maximum absolute atomic E-state index is 12.6. The monoisotopic (exact) mass is 367 g/mol. The van der Waals surface area contributed by atoms with Crippen molar-refractivity contribution >= 4 is 34.2 Å². The topological polar surface area (TPSA) is 66.4 Å². The van der Waals surface area contributed by atoms with Crippen LogP contribution in [-0.4, -0.2) is 17.0 Å². The van der Waals surface area contributed by atoms with Gasteiger partial charge in [-0.1, -0.05) is 66.2 Å². The van der Waals surface area contributed by atoms with Crippen molar-refractivity contribution in [1.82, 2.24) is 5.32 Å². The summed E-state index contributed by atoms with van der Waals surface area (Å²) in [5.74, 6) is -1.20. The summed E-state index contributed by atoms with van der Waals surface area (Å²) in [5, 5.41) is 14.6. The molecule has 3 aromatic carbocycles. The van der Waals surface area contributed by atoms with E-state index >= 15 is 0 Å². The number of aliphatic carboxylic acids is 1. The van der Waals surface area contributed by atoms with E-state index in [2.05, 4.69) is 5.32 Å². The molecule has 0 fully saturated rings. The molecule has 1 atom stereocenters. The fraction of sp³-hybridized carbons (Fsp3) is 0.143. The van der Waals surface area contributed by atoms with Crippen molar-refractivity contribution in [1.29, 1.82) is 0 Å². The second-order valence-electron chi connectivity index (χ2n) is 6.08. The minimum Gasteiger partial charge on any atom is -0.481 e. The predicted molar refractivity (Wildman–Crippen MR) is 102 cm³/mol. The molecule has 3 aromatic rings. The van der Waals surface area contributed by atoms with Crippen LogP contribution in [0.4, 0.5) is 0 Å². The van der Waals surface area contributed by atoms with Crippen LogP contribution in [0.2, 0.25) is 5.02 Å². The highest BCUT2D eigenvalue weighted by Crippen LogP contribution is 2.22. The Morgan fingerprint density at radius 2 is 1.65 bits per heavy atom. The number of fused-ring (bicyclic) bond motifs is 1. The lowest BCUT2D eigenvalue weighted by Gasteiger charge is -2.18. The number of halogens is 1. The molecule has 0 saturated heterocycles. The van der Waals surface area contributed by atoms with Crippen molar-refractivity contribution in [2.45, 2.75) is 18.9 Å². The molecule has 1 amide bonds. The molecule has 0 heterocycles. The van der Waals surface area contributed by atoms with Crippen LogP contribution in [0.25, 0.3) is 10.8 Å². The summed E-state index contributed by atoms with van der Waals surface area (Å²) in [5.41, 5.74) is 1.62. The number of nitrogens with one attached hydrogen (secondary N) is 1. The normalized spacial score (nSPS) is 11.9. The average Bonchev–Trinajstić information content (AvgIpc) is 2.62. The lowest BCUT2D eigenvalue weighted by Crippen LogP contribution is -2.31. The number of carboxylic acids is 1. The second kappa shape index (κ2) is 8.02. The van der Waals surface area contributed by atoms with Crippen LogP contribution in [0, 0.1) is 0 Å². The SMILES string of the molecule is O=C(O)CC(NC(=O)Cc1cccc2ccccc12)c1ccc(Cl)cc1. The number of hydrogen-bond donors (Lipinski definition) is 2. The van der Waals surface area contributed by atoms with Crippen molar-refractivity contribution in [3.05, 3.63) is 82.9 Å². The molecular weight excluding hydrogens is 350 g/mol. The molecule has 0 aliphatic carbocycles. The molecule has 5 heteroatoms. The van der Waals surface area contributed by atoms with Gasteiger partial charge >= 0.3 is 5.97 Å². The zero-order chi connectivity index (χ0) is 18.5. The molecule has 0 aromatic heterocycles. The molecule has 0 saturated carbocycles. The van der Waals surface area contributed by atoms with Crippen LogP contribution in [-0.2, 0) is 16.0 Å². The average molecular weight is 368 g/mol. The third-order valence-corrected chi connectivity index (χ3v) is 4.47. The van der Waals surface area contributed by atoms with Crippen LogP contribution >= 0.6 is 11.6 Å². The molecule has 0 bridgehead atoms. The molecule has 4 nitrogen and oxygen atoms in total. The van der Waals surface area contributed by atoms with Crippen LogP contribution < -0.4 is 5.32 Å². The third kappa shape index (κ3) is 4.41. The van der Waals surface area contributed by atoms with E-state index in [4.69, 9.17) is 16.7 Å². The summed E-state index contributed by atoms with van der Waals surface area (Å²) in [7, 11) is 0. The highest BCUT2D eigenvalue weighted by atomic mass is 35.5. The van der Waals surface area contributed by atoms with Gasteiger partial charge < -0.3 is 10.4 Å². The van der Waals surface area contributed by atoms with E-state index in [1.807, 2.05) is 42.5 Å². The minimum atomic E-state index is -0.976. The predicted octanol–water partition coefficient (Wildman–Crippen LogP) is 4.37. The van der Waals surface area contributed by atoms with Crippen molar-refractivity contribution in [2.24, 2.45) is 0 Å². The first-order valence-electron chi connectivity index (χ1n) is 8.26. The van der Waals surface area contributed by atoms with Gasteiger partial charge in [0.1, 0.15) is 0 Å². The van der Waals surface area contributed by atoms with E-state index in [0.717, 1.165) is 16.3 Å². The second-order valence-corrected chi connectivity index (χ2v) is 6.52. The lowest BCUT2D eigenvalue weighted by atomic mass is 10.0. The van der Waals surface area contributed by atoms with Gasteiger partial charge in [-0.3, -0.25) is 9.59 Å². The number of benzene rings is 3. The van der Waals surface area contributed by atoms with Gasteiger partial charge in [-0.25, -0.2) is 0 Å². The van der Waals surface area contributed by atoms with Crippen LogP contribution in [0.5, 0.6) is 0 Å². The first-order chi connectivity index (χ1) is 12.5. The molecule has 26 heavy (non-hydrogen) atoms. The van der Waals surface area contributed by atoms with Gasteiger partial charge in [-0.05, 0) is 34.0 Å². The fourth-order valence-electron chi connectivity index (χ4n) is 2.99. The van der Waals surface area contributed by atoms with Gasteiger partial charge in [0.05, 0.1) is 18.9 Å². The van der Waals surface area contributed by atoms with E-state index in [1.54, 1.807) is 24.3 Å². The van der Waals surface area contributed by atoms with Gasteiger partial charge in [0.25, 0.3) is 0 Å². The molecule has 132 valence electrons. The van der Waals surface area contributed by atoms with E-state index < -0.39 is 12.0 Å². The highest BCUT2D eigenvalue weighted by molar-refractivity contribution is 6.30. The summed E-state index contributed by atoms with van der Waals surface area (Å²) in [6.45, 7) is 0. The Balaban J connectivity index is 1.79. The molecule has 2 N–H and O–H groups in total. The Morgan fingerprint density at radius 3 is 2.38 bits per heavy atom. The number of carbonyl (C=O) groups is 2. The largest absolute Gasteiger partial charge is 0.481 e. The lowest BCUT2D eigenvalue weighted by molar-refractivity contribution is -0.137. The molecule has 0 radical (unpaired) electrons. The van der Waals surface area contributed by atoms with Crippen LogP contribution in [0.15, 0.2) is 66.7 Å². The first-order valence-corrected chi connectivity index (χ1v) is 8.64. The van der Waals surface area contributed by atoms with E-state index in [-0.39, 0.29) is 18.7 Å². The minimum absolute atomic E-state index is 0.186. The number of amides is 1. The van der Waals surface area contributed by atoms with Crippen LogP contribution in [0.1, 0.15) is 23.6 Å². The number of hydrogen-bond acceptors (Lipinski definition) is 2. The summed E-state index contributed by atoms with van der Waals surface area (Å²) in [4.78, 5) is 23.7. The summed E-state index contributed by atoms with van der Waals surface area (Å²) in [6.07, 6.45) is -0.00598. The van der Waals surface area contributed by atoms with Crippen molar-refractivity contribution in [3.8, 4) is 0 Å². The van der Waals surface area contributed by atoms with E-state index in [1.165, 1.54) is 0 Å². The molecular formula is C21H18ClNO3. The van der Waals surface area contributed by atoms with E-state index in [9.17, 15) is 9.59 Å². The highest BCUT2D eigenvalue weighted by Gasteiger charge is 2.18. The number of carbonyl (C=O) groups excluding carboxylic acids is 1. The van der Waals surface area contributed by atoms with Crippen LogP contribution in [0.3, 0.4) is 0 Å². The maximum Gasteiger partial charge on any atom is 0.305 e. The summed E-state index contributed by atoms with van der Waals surface area (Å²) >= 11 is 5.89. The fourth-order valence-corrected chi connectivity index (χ4v) is 3.11. The van der Waals surface area contributed by atoms with Gasteiger partial charge in [-0.2, -0.15) is 0 Å². The smallest absolute Gasteiger partial charge is 0.305 e. The summed E-state index contributed by atoms with van der Waals surface area (Å²) in [6, 6.07) is 19.9. The number of rotatable bonds is 6. The maximum atomic E-state index is 12.6. The molecule has 1 unspecified atom stereocenters. The Morgan fingerprint density at radius 1 is 0.962 bits per heavy atom. The van der Waals surface area contributed by atoms with Crippen molar-refractivity contribution < 1.29 is 14.7 Å². The van der Waals surface area contributed by atoms with Gasteiger partial charge in [-0.15, -0.1) is 0 Å². The Hall–Kier alpha value is -2.85. The first kappa shape index (κ1) is 18.0. The van der Waals surface area contributed by atoms with Crippen molar-refractivity contribution in [3.63, 3.8) is 0 Å². The number of carboxylic acid groups (broad SMARTS) is 1. The zero-order valence-corrected chi connectivity index (χ0v) is 14.7. The molecule has 0 spiro atoms. The quantitative estimate of drug-likeness (QED) is 0.680. The van der Waals surface area contributed by atoms with Crippen molar-refractivity contribution in [2.75, 3.05) is 0 Å². The zero-order valence-electron chi connectivity index (χ0n) is 14.0. The Kier molecular flexibility index (Phi) is 5.54. The van der Waals surface area contributed by atoms with E-state index in [0.29, 0.717) is 10.6 Å². The molecule has 3 rings (SSSR count). The molecule has 0 aliphatic heterocycles. The third-order valence-electron chi connectivity index (χ3n) is 4.22.